The zero-order chi connectivity index (χ0) is 83.6. The van der Waals surface area contributed by atoms with Gasteiger partial charge in [0, 0.05) is 96.1 Å². The van der Waals surface area contributed by atoms with E-state index in [1.807, 2.05) is 27.7 Å². The number of hydrogen-bond acceptors (Lipinski definition) is 20. The van der Waals surface area contributed by atoms with Gasteiger partial charge in [0.15, 0.2) is 92.3 Å². The number of carbonyl (C=O) groups is 1. The molecule has 1 aliphatic rings. The van der Waals surface area contributed by atoms with Crippen molar-refractivity contribution in [1.82, 2.24) is 30.2 Å². The molecule has 32 heteroatoms. The summed E-state index contributed by atoms with van der Waals surface area (Å²) in [5, 5.41) is 20.6. The molecule has 114 heavy (non-hydrogen) atoms. The number of nitrogens with zero attached hydrogens (tertiary/aromatic N) is 5. The van der Waals surface area contributed by atoms with Gasteiger partial charge in [-0.25, -0.2) is 64.8 Å². The predicted octanol–water partition coefficient (Wildman–Crippen LogP) is 21.9. The Morgan fingerprint density at radius 3 is 1.31 bits per heavy atom. The molecule has 1 aliphatic heterocycles. The highest BCUT2D eigenvalue weighted by Gasteiger charge is 2.52. The van der Waals surface area contributed by atoms with Gasteiger partial charge >= 0.3 is 13.2 Å². The first kappa shape index (κ1) is 91.9. The molecule has 6 aromatic carbocycles. The number of halogens is 10. The average molecular weight is 1730 g/mol. The number of aromatic nitrogens is 5. The van der Waals surface area contributed by atoms with E-state index >= 15 is 0 Å². The number of nitrogens with one attached hydrogen (secondary N) is 1. The number of anilines is 1. The smallest absolute Gasteiger partial charge is 0.495 e. The topological polar surface area (TPSA) is 298 Å². The highest BCUT2D eigenvalue weighted by Crippen LogP contribution is 2.38. The molecule has 0 radical (unpaired) electrons. The van der Waals surface area contributed by atoms with Crippen LogP contribution in [0.5, 0.6) is 23.0 Å². The number of aryl methyl sites for hydroxylation is 5. The summed E-state index contributed by atoms with van der Waals surface area (Å²) in [4.78, 5) is 32.4. The molecule has 0 atom stereocenters. The third-order valence-corrected chi connectivity index (χ3v) is 18.4. The second-order valence-electron chi connectivity index (χ2n) is 28.7. The Balaban J connectivity index is 0.000000195. The van der Waals surface area contributed by atoms with Crippen LogP contribution in [0.1, 0.15) is 190 Å². The van der Waals surface area contributed by atoms with E-state index in [4.69, 9.17) is 67.3 Å². The summed E-state index contributed by atoms with van der Waals surface area (Å²) in [5.74, 6) is 0.00613. The Bertz CT molecular complexity index is 4890. The molecule has 0 saturated carbocycles. The largest absolute Gasteiger partial charge is 0.508 e. The number of nitrogens with two attached hydrogens (primary N) is 2. The minimum absolute atomic E-state index is 0.0330. The van der Waals surface area contributed by atoms with Crippen LogP contribution in [-0.4, -0.2) is 91.5 Å². The summed E-state index contributed by atoms with van der Waals surface area (Å²) in [7, 11) is -0.608. The van der Waals surface area contributed by atoms with Gasteiger partial charge in [-0.15, -0.1) is 0 Å². The molecule has 21 nitrogen and oxygen atoms in total. The molecule has 1 amide bonds. The SMILES string of the molecule is CCCCc1nc2c(F)cc(B3OC(C)(C)C(C)(C)O3)cc2o1.CCCCc1nc2c(F)cc(Br)cc2o1.CCCCc1nc2c(F)cc(O)cc2o1.CCCCc1nc2c(F)cc(OC/C(=C/F)CN)cc2o1.CCCCc1nc2c(F)cc(OCCC/C(=C/F)CNC(=O)OC(C)(C)C)cc2o1.Nc1c(O)cc(Br)cc1F. The number of phenolic OH excluding ortho intramolecular Hbond substituents is 2. The van der Waals surface area contributed by atoms with E-state index in [0.29, 0.717) is 133 Å². The Morgan fingerprint density at radius 2 is 0.895 bits per heavy atom. The first-order valence-corrected chi connectivity index (χ1v) is 39.3. The third kappa shape index (κ3) is 27.2. The molecule has 0 unspecified atom stereocenters. The van der Waals surface area contributed by atoms with Crippen molar-refractivity contribution in [3.05, 3.63) is 170 Å². The number of ether oxygens (including phenoxy) is 3. The average Bonchev–Trinajstić information content (AvgIpc) is 1.61. The van der Waals surface area contributed by atoms with Gasteiger partial charge in [-0.1, -0.05) is 98.6 Å². The second-order valence-corrected chi connectivity index (χ2v) is 30.5. The van der Waals surface area contributed by atoms with Crippen LogP contribution in [0.4, 0.5) is 45.6 Å². The second kappa shape index (κ2) is 43.5. The zero-order valence-electron chi connectivity index (χ0n) is 66.1. The predicted molar refractivity (Wildman–Crippen MR) is 430 cm³/mol. The number of fused-ring (bicyclic) bond motifs is 5. The number of phenols is 2. The highest BCUT2D eigenvalue weighted by atomic mass is 79.9. The van der Waals surface area contributed by atoms with Crippen molar-refractivity contribution in [2.24, 2.45) is 5.73 Å². The molecular weight excluding hydrogens is 1630 g/mol. The van der Waals surface area contributed by atoms with E-state index in [9.17, 15) is 39.9 Å². The highest BCUT2D eigenvalue weighted by molar-refractivity contribution is 9.10. The molecule has 5 aromatic heterocycles. The number of oxazole rings is 5. The zero-order valence-corrected chi connectivity index (χ0v) is 69.2. The van der Waals surface area contributed by atoms with Crippen LogP contribution < -0.4 is 31.7 Å². The fourth-order valence-corrected chi connectivity index (χ4v) is 11.4. The van der Waals surface area contributed by atoms with Crippen LogP contribution in [0.2, 0.25) is 0 Å². The lowest BCUT2D eigenvalue weighted by molar-refractivity contribution is 0.00578. The van der Waals surface area contributed by atoms with E-state index in [-0.39, 0.29) is 82.7 Å². The summed E-state index contributed by atoms with van der Waals surface area (Å²) in [6, 6.07) is 16.9. The molecule has 1 fully saturated rings. The molecule has 0 bridgehead atoms. The number of alkyl carbamates (subject to hydrolysis) is 1. The first-order valence-electron chi connectivity index (χ1n) is 37.7. The van der Waals surface area contributed by atoms with Crippen molar-refractivity contribution in [2.75, 3.05) is 32.0 Å². The Kier molecular flexibility index (Phi) is 35.1. The number of carbonyl (C=O) groups excluding carboxylic acids is 1. The fraction of sp³-hybridized carbons (Fsp3) is 0.439. The van der Waals surface area contributed by atoms with Crippen molar-refractivity contribution < 1.29 is 95.7 Å². The summed E-state index contributed by atoms with van der Waals surface area (Å²) in [6.45, 7) is 23.8. The van der Waals surface area contributed by atoms with E-state index < -0.39 is 59.1 Å². The number of aromatic hydroxyl groups is 2. The minimum Gasteiger partial charge on any atom is -0.508 e. The lowest BCUT2D eigenvalue weighted by atomic mass is 9.79. The standard InChI is InChI=1S/C22H30F2N2O4.C17H23BFNO3.C15H18F2N2O2.C11H11BrFNO.C11H12FNO2.C6H5BrFNO/c1-5-6-9-19-26-20-17(24)11-16(12-18(20)29-19)28-10-7-8-15(13-23)14-25-21(27)30-22(2,3)4;1-6-7-8-14-20-15-12(19)9-11(10-13(15)21-14)18-22-16(2,3)17(4,5)23-18;1-2-3-4-14-19-15-12(17)5-11(6-13(15)21-14)20-9-10(7-16)8-18;1-2-3-4-10-14-11-8(13)5-7(12)6-9(11)15-10;1-2-3-4-10-13-11-8(12)5-7(14)6-9(11)15-10;7-3-1-4(8)6(9)5(10)2-3/h11-13H,5-10,14H2,1-4H3,(H,25,27);9-10H,6-8H2,1-5H3;5-7H,2-4,8-9,18H2,1H3;5-6H,2-4H2,1H3;5-6,14H,2-4H2,1H3;1-2,10H,9H2/b15-13-;;10-7+;;;. The van der Waals surface area contributed by atoms with Gasteiger partial charge < -0.3 is 72.6 Å². The van der Waals surface area contributed by atoms with Crippen LogP contribution in [0.3, 0.4) is 0 Å². The van der Waals surface area contributed by atoms with E-state index in [2.05, 4.69) is 96.7 Å². The van der Waals surface area contributed by atoms with Gasteiger partial charge in [0.2, 0.25) is 0 Å². The summed E-state index contributed by atoms with van der Waals surface area (Å²) >= 11 is 6.21. The van der Waals surface area contributed by atoms with Crippen LogP contribution in [-0.2, 0) is 46.1 Å². The third-order valence-electron chi connectivity index (χ3n) is 17.5. The fourth-order valence-electron chi connectivity index (χ4n) is 10.6. The van der Waals surface area contributed by atoms with Crippen molar-refractivity contribution in [2.45, 2.75) is 209 Å². The van der Waals surface area contributed by atoms with E-state index in [1.165, 1.54) is 42.5 Å². The molecule has 12 rings (SSSR count). The lowest BCUT2D eigenvalue weighted by Crippen LogP contribution is -2.41. The molecule has 0 spiro atoms. The minimum atomic E-state index is -0.619. The monoisotopic (exact) mass is 1720 g/mol. The molecule has 0 aliphatic carbocycles. The first-order chi connectivity index (χ1) is 54.1. The van der Waals surface area contributed by atoms with Crippen molar-refractivity contribution in [1.29, 1.82) is 0 Å². The van der Waals surface area contributed by atoms with Gasteiger partial charge in [0.05, 0.1) is 30.5 Å². The maximum atomic E-state index is 14.4. The lowest BCUT2D eigenvalue weighted by Gasteiger charge is -2.32. The van der Waals surface area contributed by atoms with E-state index in [1.54, 1.807) is 45.0 Å². The number of amides is 1. The normalized spacial score (nSPS) is 13.2. The van der Waals surface area contributed by atoms with Gasteiger partial charge in [-0.3, -0.25) is 0 Å². The Labute approximate surface area is 673 Å². The number of unbranched alkanes of at least 4 members (excludes halogenated alkanes) is 5. The quantitative estimate of drug-likeness (QED) is 0.0105. The molecule has 7 N–H and O–H groups in total. The Hall–Kier alpha value is -9.24. The molecule has 11 aromatic rings. The van der Waals surface area contributed by atoms with Crippen molar-refractivity contribution in [3.8, 4) is 23.0 Å². The van der Waals surface area contributed by atoms with Gasteiger partial charge in [0.25, 0.3) is 0 Å². The van der Waals surface area contributed by atoms with Gasteiger partial charge in [-0.2, -0.15) is 0 Å². The Morgan fingerprint density at radius 1 is 0.518 bits per heavy atom. The maximum absolute atomic E-state index is 14.4. The number of nitrogen functional groups attached to an aromatic ring is 1. The molecular formula is C82H99BBr2F8N8O13. The van der Waals surface area contributed by atoms with E-state index in [0.717, 1.165) is 83.1 Å². The number of hydrogen-bond donors (Lipinski definition) is 5. The summed E-state index contributed by atoms with van der Waals surface area (Å²) in [5.41, 5.74) is 13.1. The number of benzene rings is 6. The van der Waals surface area contributed by atoms with Crippen molar-refractivity contribution >= 4 is 112 Å². The van der Waals surface area contributed by atoms with Crippen molar-refractivity contribution in [3.63, 3.8) is 0 Å². The molecule has 6 heterocycles. The van der Waals surface area contributed by atoms with Gasteiger partial charge in [0.1, 0.15) is 68.5 Å². The van der Waals surface area contributed by atoms with Crippen LogP contribution in [0.25, 0.3) is 55.5 Å². The van der Waals surface area contributed by atoms with Gasteiger partial charge in [-0.05, 0) is 141 Å². The van der Waals surface area contributed by atoms with Crippen LogP contribution in [0.15, 0.2) is 128 Å². The van der Waals surface area contributed by atoms with Crippen LogP contribution >= 0.6 is 31.9 Å². The molecule has 618 valence electrons. The summed E-state index contributed by atoms with van der Waals surface area (Å²) < 4.78 is 164. The number of rotatable bonds is 27. The molecule has 1 saturated heterocycles. The van der Waals surface area contributed by atoms with Crippen LogP contribution in [0, 0.1) is 34.9 Å². The maximum Gasteiger partial charge on any atom is 0.495 e. The summed E-state index contributed by atoms with van der Waals surface area (Å²) in [6.07, 6.45) is 14.6.